The number of hydrogen-bond donors (Lipinski definition) is 2. The van der Waals surface area contributed by atoms with Crippen LogP contribution in [-0.2, 0) is 0 Å². The fourth-order valence-electron chi connectivity index (χ4n) is 3.16. The maximum atomic E-state index is 10.8. The summed E-state index contributed by atoms with van der Waals surface area (Å²) in [6, 6.07) is 0. The van der Waals surface area contributed by atoms with Gasteiger partial charge in [-0.05, 0) is 30.6 Å². The molecule has 0 radical (unpaired) electrons. The van der Waals surface area contributed by atoms with E-state index < -0.39 is 5.60 Å². The van der Waals surface area contributed by atoms with Gasteiger partial charge in [0.05, 0.1) is 5.60 Å². The zero-order chi connectivity index (χ0) is 11.6. The maximum absolute atomic E-state index is 10.8. The van der Waals surface area contributed by atoms with E-state index in [-0.39, 0.29) is 12.5 Å². The van der Waals surface area contributed by atoms with Gasteiger partial charge < -0.3 is 10.2 Å². The highest BCUT2D eigenvalue weighted by Gasteiger charge is 2.45. The lowest BCUT2D eigenvalue weighted by Gasteiger charge is -2.47. The third-order valence-electron chi connectivity index (χ3n) is 4.22. The van der Waals surface area contributed by atoms with E-state index in [4.69, 9.17) is 0 Å². The highest BCUT2D eigenvalue weighted by molar-refractivity contribution is 4.96. The monoisotopic (exact) mass is 214 g/mol. The summed E-state index contributed by atoms with van der Waals surface area (Å²) < 4.78 is 0. The Bertz CT molecular complexity index is 203. The topological polar surface area (TPSA) is 40.5 Å². The molecule has 1 aliphatic rings. The van der Waals surface area contributed by atoms with E-state index in [2.05, 4.69) is 20.8 Å². The Hall–Kier alpha value is -0.0800. The minimum absolute atomic E-state index is 0.00681. The molecule has 0 saturated heterocycles. The standard InChI is InChI=1S/C13H26O2/c1-9(2)12-6-5-10(3)7-13(12,15)11(4)8-14/h9-12,14-15H,5-8H2,1-4H3/t10-,11?,12+,13-/m1/s1. The molecule has 0 aromatic rings. The van der Waals surface area contributed by atoms with Crippen LogP contribution in [0.4, 0.5) is 0 Å². The average molecular weight is 214 g/mol. The Morgan fingerprint density at radius 2 is 1.87 bits per heavy atom. The van der Waals surface area contributed by atoms with Gasteiger partial charge in [-0.25, -0.2) is 0 Å². The van der Waals surface area contributed by atoms with E-state index in [9.17, 15) is 10.2 Å². The smallest absolute Gasteiger partial charge is 0.0728 e. The van der Waals surface area contributed by atoms with E-state index in [0.717, 1.165) is 12.8 Å². The average Bonchev–Trinajstić information content (AvgIpc) is 2.15. The van der Waals surface area contributed by atoms with Crippen LogP contribution in [-0.4, -0.2) is 22.4 Å². The molecule has 0 aliphatic heterocycles. The number of aliphatic hydroxyl groups is 2. The van der Waals surface area contributed by atoms with Gasteiger partial charge in [-0.1, -0.05) is 34.1 Å². The zero-order valence-corrected chi connectivity index (χ0v) is 10.5. The van der Waals surface area contributed by atoms with Gasteiger partial charge in [0.2, 0.25) is 0 Å². The molecule has 0 aromatic heterocycles. The summed E-state index contributed by atoms with van der Waals surface area (Å²) in [7, 11) is 0. The number of aliphatic hydroxyl groups excluding tert-OH is 1. The highest BCUT2D eigenvalue weighted by Crippen LogP contribution is 2.44. The molecule has 0 amide bonds. The van der Waals surface area contributed by atoms with E-state index in [0.29, 0.717) is 17.8 Å². The van der Waals surface area contributed by atoms with Gasteiger partial charge in [0.1, 0.15) is 0 Å². The first-order valence-electron chi connectivity index (χ1n) is 6.25. The molecular weight excluding hydrogens is 188 g/mol. The molecule has 1 aliphatic carbocycles. The molecule has 15 heavy (non-hydrogen) atoms. The van der Waals surface area contributed by atoms with Crippen LogP contribution in [0.1, 0.15) is 47.0 Å². The molecule has 2 heteroatoms. The Morgan fingerprint density at radius 3 is 2.33 bits per heavy atom. The minimum Gasteiger partial charge on any atom is -0.396 e. The van der Waals surface area contributed by atoms with E-state index in [1.54, 1.807) is 0 Å². The predicted molar refractivity (Wildman–Crippen MR) is 62.5 cm³/mol. The molecule has 4 atom stereocenters. The van der Waals surface area contributed by atoms with Crippen molar-refractivity contribution in [2.45, 2.75) is 52.6 Å². The maximum Gasteiger partial charge on any atom is 0.0728 e. The highest BCUT2D eigenvalue weighted by atomic mass is 16.3. The molecule has 1 rings (SSSR count). The molecular formula is C13H26O2. The normalized spacial score (nSPS) is 39.4. The summed E-state index contributed by atoms with van der Waals surface area (Å²) in [6.07, 6.45) is 3.15. The molecule has 1 fully saturated rings. The molecule has 2 nitrogen and oxygen atoms in total. The fourth-order valence-corrected chi connectivity index (χ4v) is 3.16. The molecule has 0 bridgehead atoms. The summed E-state index contributed by atoms with van der Waals surface area (Å²) >= 11 is 0. The SMILES string of the molecule is CC(C)[C@@H]1CC[C@@H](C)C[C@@]1(O)C(C)CO. The Kier molecular flexibility index (Phi) is 4.19. The largest absolute Gasteiger partial charge is 0.396 e. The van der Waals surface area contributed by atoms with Crippen molar-refractivity contribution in [3.05, 3.63) is 0 Å². The van der Waals surface area contributed by atoms with Crippen LogP contribution in [0.15, 0.2) is 0 Å². The molecule has 1 saturated carbocycles. The minimum atomic E-state index is -0.652. The molecule has 1 unspecified atom stereocenters. The van der Waals surface area contributed by atoms with Gasteiger partial charge in [0.25, 0.3) is 0 Å². The van der Waals surface area contributed by atoms with Crippen molar-refractivity contribution in [2.24, 2.45) is 23.7 Å². The first kappa shape index (κ1) is 13.0. The summed E-state index contributed by atoms with van der Waals surface area (Å²) in [5.41, 5.74) is -0.652. The predicted octanol–water partition coefficient (Wildman–Crippen LogP) is 2.44. The van der Waals surface area contributed by atoms with Crippen LogP contribution in [0, 0.1) is 23.7 Å². The van der Waals surface area contributed by atoms with E-state index in [1.165, 1.54) is 6.42 Å². The van der Waals surface area contributed by atoms with Crippen molar-refractivity contribution >= 4 is 0 Å². The second kappa shape index (κ2) is 4.84. The van der Waals surface area contributed by atoms with Gasteiger partial charge in [-0.2, -0.15) is 0 Å². The van der Waals surface area contributed by atoms with Crippen LogP contribution in [0.25, 0.3) is 0 Å². The van der Waals surface area contributed by atoms with Crippen molar-refractivity contribution < 1.29 is 10.2 Å². The van der Waals surface area contributed by atoms with E-state index in [1.807, 2.05) is 6.92 Å². The summed E-state index contributed by atoms with van der Waals surface area (Å²) in [5, 5.41) is 20.1. The number of hydrogen-bond acceptors (Lipinski definition) is 2. The van der Waals surface area contributed by atoms with Crippen molar-refractivity contribution in [3.8, 4) is 0 Å². The van der Waals surface area contributed by atoms with Gasteiger partial charge in [0.15, 0.2) is 0 Å². The molecule has 0 spiro atoms. The zero-order valence-electron chi connectivity index (χ0n) is 10.5. The first-order valence-corrected chi connectivity index (χ1v) is 6.25. The van der Waals surface area contributed by atoms with Gasteiger partial charge in [-0.15, -0.1) is 0 Å². The Balaban J connectivity index is 2.85. The van der Waals surface area contributed by atoms with Gasteiger partial charge in [-0.3, -0.25) is 0 Å². The summed E-state index contributed by atoms with van der Waals surface area (Å²) in [6.45, 7) is 8.61. The van der Waals surface area contributed by atoms with Crippen LogP contribution in [0.5, 0.6) is 0 Å². The van der Waals surface area contributed by atoms with Crippen LogP contribution in [0.3, 0.4) is 0 Å². The lowest BCUT2D eigenvalue weighted by molar-refractivity contribution is -0.127. The summed E-state index contributed by atoms with van der Waals surface area (Å²) in [4.78, 5) is 0. The number of rotatable bonds is 3. The van der Waals surface area contributed by atoms with Crippen molar-refractivity contribution in [1.82, 2.24) is 0 Å². The fraction of sp³-hybridized carbons (Fsp3) is 1.00. The Morgan fingerprint density at radius 1 is 1.27 bits per heavy atom. The molecule has 0 heterocycles. The quantitative estimate of drug-likeness (QED) is 0.757. The third kappa shape index (κ3) is 2.54. The molecule has 2 N–H and O–H groups in total. The van der Waals surface area contributed by atoms with Gasteiger partial charge in [0, 0.05) is 12.5 Å². The molecule has 90 valence electrons. The first-order chi connectivity index (χ1) is 6.91. The van der Waals surface area contributed by atoms with Gasteiger partial charge >= 0.3 is 0 Å². The second-order valence-corrected chi connectivity index (χ2v) is 5.81. The van der Waals surface area contributed by atoms with Crippen LogP contribution in [0.2, 0.25) is 0 Å². The van der Waals surface area contributed by atoms with E-state index >= 15 is 0 Å². The van der Waals surface area contributed by atoms with Crippen molar-refractivity contribution in [2.75, 3.05) is 6.61 Å². The second-order valence-electron chi connectivity index (χ2n) is 5.81. The summed E-state index contributed by atoms with van der Waals surface area (Å²) in [5.74, 6) is 1.42. The van der Waals surface area contributed by atoms with Crippen molar-refractivity contribution in [1.29, 1.82) is 0 Å². The molecule has 0 aromatic carbocycles. The van der Waals surface area contributed by atoms with Crippen LogP contribution < -0.4 is 0 Å². The third-order valence-corrected chi connectivity index (χ3v) is 4.22. The lowest BCUT2D eigenvalue weighted by Crippen LogP contribution is -2.51. The van der Waals surface area contributed by atoms with Crippen molar-refractivity contribution in [3.63, 3.8) is 0 Å². The Labute approximate surface area is 93.7 Å². The van der Waals surface area contributed by atoms with Crippen LogP contribution >= 0.6 is 0 Å². The lowest BCUT2D eigenvalue weighted by atomic mass is 9.62.